The van der Waals surface area contributed by atoms with Crippen molar-refractivity contribution in [2.75, 3.05) is 7.11 Å². The van der Waals surface area contributed by atoms with E-state index >= 15 is 0 Å². The van der Waals surface area contributed by atoms with Crippen LogP contribution in [0.4, 0.5) is 8.78 Å². The van der Waals surface area contributed by atoms with Crippen LogP contribution < -0.4 is 9.47 Å². The van der Waals surface area contributed by atoms with Crippen LogP contribution >= 0.6 is 0 Å². The third-order valence-corrected chi connectivity index (χ3v) is 3.18. The minimum Gasteiger partial charge on any atom is -0.493 e. The lowest BCUT2D eigenvalue weighted by atomic mass is 10.0. The number of hydrogen-bond donors (Lipinski definition) is 0. The number of methoxy groups -OCH3 is 1. The Morgan fingerprint density at radius 2 is 2.08 bits per heavy atom. The summed E-state index contributed by atoms with van der Waals surface area (Å²) in [6.45, 7) is -1.37. The molecule has 0 saturated carbocycles. The summed E-state index contributed by atoms with van der Waals surface area (Å²) in [5.41, 5.74) is 0.594. The molecule has 2 aromatic rings. The van der Waals surface area contributed by atoms with E-state index in [0.29, 0.717) is 11.3 Å². The first kappa shape index (κ1) is 17.2. The number of ether oxygens (including phenoxy) is 2. The highest BCUT2D eigenvalue weighted by molar-refractivity contribution is 6.14. The quantitative estimate of drug-likeness (QED) is 0.454. The molecular formula is C17H13F2NO4. The third kappa shape index (κ3) is 3.79. The van der Waals surface area contributed by atoms with Crippen LogP contribution in [0.1, 0.15) is 21.7 Å². The minimum absolute atomic E-state index is 0.0632. The van der Waals surface area contributed by atoms with E-state index in [2.05, 4.69) is 4.74 Å². The van der Waals surface area contributed by atoms with Crippen LogP contribution in [0.25, 0.3) is 6.08 Å². The molecule has 124 valence electrons. The average molecular weight is 333 g/mol. The number of alkyl halides is 2. The maximum absolute atomic E-state index is 12.3. The van der Waals surface area contributed by atoms with Crippen molar-refractivity contribution >= 4 is 11.9 Å². The highest BCUT2D eigenvalue weighted by Crippen LogP contribution is 2.30. The second-order valence-electron chi connectivity index (χ2n) is 4.68. The number of rotatable bonds is 6. The van der Waals surface area contributed by atoms with Crippen LogP contribution in [0, 0.1) is 18.3 Å². The Kier molecular flexibility index (Phi) is 5.32. The van der Waals surface area contributed by atoms with Gasteiger partial charge in [0.15, 0.2) is 11.5 Å². The number of halogens is 2. The topological polar surface area (TPSA) is 72.5 Å². The number of benzene rings is 1. The van der Waals surface area contributed by atoms with Gasteiger partial charge in [-0.05, 0) is 36.8 Å². The van der Waals surface area contributed by atoms with Crippen LogP contribution in [0.5, 0.6) is 11.5 Å². The van der Waals surface area contributed by atoms with Gasteiger partial charge in [-0.2, -0.15) is 14.0 Å². The second-order valence-corrected chi connectivity index (χ2v) is 4.68. The molecule has 0 atom stereocenters. The van der Waals surface area contributed by atoms with Crippen molar-refractivity contribution in [2.24, 2.45) is 0 Å². The summed E-state index contributed by atoms with van der Waals surface area (Å²) in [4.78, 5) is 12.3. The lowest BCUT2D eigenvalue weighted by molar-refractivity contribution is -0.0512. The first-order valence-corrected chi connectivity index (χ1v) is 6.79. The van der Waals surface area contributed by atoms with Crippen molar-refractivity contribution in [3.8, 4) is 17.6 Å². The Balaban J connectivity index is 2.36. The Hall–Kier alpha value is -3.14. The molecule has 0 fully saturated rings. The van der Waals surface area contributed by atoms with Gasteiger partial charge in [0, 0.05) is 0 Å². The number of nitriles is 1. The number of hydrogen-bond acceptors (Lipinski definition) is 5. The molecule has 0 aliphatic rings. The fourth-order valence-corrected chi connectivity index (χ4v) is 2.05. The molecule has 0 amide bonds. The summed E-state index contributed by atoms with van der Waals surface area (Å²) in [5.74, 6) is -0.163. The monoisotopic (exact) mass is 333 g/mol. The van der Waals surface area contributed by atoms with Crippen molar-refractivity contribution in [2.45, 2.75) is 13.5 Å². The van der Waals surface area contributed by atoms with Gasteiger partial charge in [0.1, 0.15) is 17.4 Å². The van der Waals surface area contributed by atoms with E-state index in [1.54, 1.807) is 6.92 Å². The van der Waals surface area contributed by atoms with Crippen molar-refractivity contribution < 1.29 is 27.5 Å². The summed E-state index contributed by atoms with van der Waals surface area (Å²) >= 11 is 0. The zero-order chi connectivity index (χ0) is 17.7. The molecule has 0 bridgehead atoms. The van der Waals surface area contributed by atoms with Crippen LogP contribution in [-0.4, -0.2) is 19.5 Å². The predicted octanol–water partition coefficient (Wildman–Crippen LogP) is 3.99. The molecule has 1 aromatic carbocycles. The summed E-state index contributed by atoms with van der Waals surface area (Å²) in [5, 5.41) is 9.22. The number of nitrogens with zero attached hydrogens (tertiary/aromatic N) is 1. The summed E-state index contributed by atoms with van der Waals surface area (Å²) < 4.78 is 39.0. The van der Waals surface area contributed by atoms with E-state index < -0.39 is 12.4 Å². The van der Waals surface area contributed by atoms with Gasteiger partial charge in [-0.3, -0.25) is 4.79 Å². The highest BCUT2D eigenvalue weighted by atomic mass is 19.3. The van der Waals surface area contributed by atoms with Gasteiger partial charge in [-0.15, -0.1) is 0 Å². The normalized spacial score (nSPS) is 11.2. The first-order chi connectivity index (χ1) is 11.5. The summed E-state index contributed by atoms with van der Waals surface area (Å²) in [7, 11) is 1.30. The molecule has 1 heterocycles. The number of carbonyl (C=O) groups is 1. The van der Waals surface area contributed by atoms with E-state index in [4.69, 9.17) is 9.15 Å². The van der Waals surface area contributed by atoms with E-state index in [0.717, 1.165) is 0 Å². The number of allylic oxidation sites excluding steroid dienone is 1. The molecule has 0 radical (unpaired) electrons. The molecule has 0 saturated heterocycles. The Morgan fingerprint density at radius 1 is 1.33 bits per heavy atom. The zero-order valence-corrected chi connectivity index (χ0v) is 12.9. The van der Waals surface area contributed by atoms with E-state index in [1.807, 2.05) is 6.07 Å². The van der Waals surface area contributed by atoms with Gasteiger partial charge >= 0.3 is 6.61 Å². The van der Waals surface area contributed by atoms with Crippen molar-refractivity contribution in [1.82, 2.24) is 0 Å². The molecule has 0 unspecified atom stereocenters. The molecule has 0 N–H and O–H groups in total. The smallest absolute Gasteiger partial charge is 0.387 e. The number of furan rings is 1. The Bertz CT molecular complexity index is 818. The molecule has 2 rings (SSSR count). The van der Waals surface area contributed by atoms with Crippen LogP contribution in [-0.2, 0) is 0 Å². The molecular weight excluding hydrogens is 320 g/mol. The SMILES string of the molecule is COc1cc(/C=C(\C#N)C(=O)c2ccoc2C)ccc1OC(F)F. The Labute approximate surface area is 136 Å². The standard InChI is InChI=1S/C17H13F2NO4/c1-10-13(5-6-23-10)16(21)12(9-20)7-11-3-4-14(24-17(18)19)15(8-11)22-2/h3-8,17H,1-2H3/b12-7+. The van der Waals surface area contributed by atoms with Gasteiger partial charge in [0.2, 0.25) is 5.78 Å². The van der Waals surface area contributed by atoms with Crippen LogP contribution in [0.2, 0.25) is 0 Å². The minimum atomic E-state index is -2.99. The van der Waals surface area contributed by atoms with Crippen LogP contribution in [0.3, 0.4) is 0 Å². The van der Waals surface area contributed by atoms with E-state index in [9.17, 15) is 18.8 Å². The average Bonchev–Trinajstić information content (AvgIpc) is 2.98. The number of ketones is 1. The highest BCUT2D eigenvalue weighted by Gasteiger charge is 2.17. The molecule has 5 nitrogen and oxygen atoms in total. The summed E-state index contributed by atoms with van der Waals surface area (Å²) in [6, 6.07) is 7.41. The van der Waals surface area contributed by atoms with Crippen molar-refractivity contribution in [3.63, 3.8) is 0 Å². The molecule has 0 aliphatic carbocycles. The molecule has 7 heteroatoms. The van der Waals surface area contributed by atoms with Gasteiger partial charge in [-0.25, -0.2) is 0 Å². The van der Waals surface area contributed by atoms with Gasteiger partial charge in [0.05, 0.1) is 18.9 Å². The fourth-order valence-electron chi connectivity index (χ4n) is 2.05. The number of carbonyl (C=O) groups excluding carboxylic acids is 1. The maximum Gasteiger partial charge on any atom is 0.387 e. The molecule has 0 spiro atoms. The predicted molar refractivity (Wildman–Crippen MR) is 81.0 cm³/mol. The second kappa shape index (κ2) is 7.42. The van der Waals surface area contributed by atoms with Crippen LogP contribution in [0.15, 0.2) is 40.5 Å². The first-order valence-electron chi connectivity index (χ1n) is 6.79. The third-order valence-electron chi connectivity index (χ3n) is 3.18. The summed E-state index contributed by atoms with van der Waals surface area (Å²) in [6.07, 6.45) is 2.69. The largest absolute Gasteiger partial charge is 0.493 e. The van der Waals surface area contributed by atoms with E-state index in [1.165, 1.54) is 43.7 Å². The van der Waals surface area contributed by atoms with Crippen molar-refractivity contribution in [1.29, 1.82) is 5.26 Å². The number of aryl methyl sites for hydroxylation is 1. The van der Waals surface area contributed by atoms with Gasteiger partial charge in [0.25, 0.3) is 0 Å². The van der Waals surface area contributed by atoms with E-state index in [-0.39, 0.29) is 22.6 Å². The lowest BCUT2D eigenvalue weighted by Gasteiger charge is -2.10. The molecule has 24 heavy (non-hydrogen) atoms. The molecule has 0 aliphatic heterocycles. The number of Topliss-reactive ketones (excluding diaryl/α,β-unsaturated/α-hetero) is 1. The fraction of sp³-hybridized carbons (Fsp3) is 0.176. The lowest BCUT2D eigenvalue weighted by Crippen LogP contribution is -2.04. The zero-order valence-electron chi connectivity index (χ0n) is 12.9. The Morgan fingerprint density at radius 3 is 2.62 bits per heavy atom. The van der Waals surface area contributed by atoms with Gasteiger partial charge < -0.3 is 13.9 Å². The van der Waals surface area contributed by atoms with Gasteiger partial charge in [-0.1, -0.05) is 6.07 Å². The van der Waals surface area contributed by atoms with Crippen molar-refractivity contribution in [3.05, 3.63) is 53.0 Å². The maximum atomic E-state index is 12.3. The molecule has 1 aromatic heterocycles.